The van der Waals surface area contributed by atoms with E-state index in [0.717, 1.165) is 24.4 Å². The molecule has 0 amide bonds. The van der Waals surface area contributed by atoms with Gasteiger partial charge in [-0.15, -0.1) is 22.7 Å². The summed E-state index contributed by atoms with van der Waals surface area (Å²) >= 11 is 3.73. The topological polar surface area (TPSA) is 25.2 Å². The Kier molecular flexibility index (Phi) is 7.55. The van der Waals surface area contributed by atoms with Crippen molar-refractivity contribution in [2.75, 3.05) is 6.54 Å². The lowest BCUT2D eigenvalue weighted by Crippen LogP contribution is -2.11. The van der Waals surface area contributed by atoms with Gasteiger partial charge in [-0.05, 0) is 29.3 Å². The first-order valence-electron chi connectivity index (χ1n) is 14.1. The van der Waals surface area contributed by atoms with Crippen molar-refractivity contribution in [1.82, 2.24) is 4.98 Å². The summed E-state index contributed by atoms with van der Waals surface area (Å²) in [6.45, 7) is 0.895. The van der Waals surface area contributed by atoms with E-state index in [0.29, 0.717) is 0 Å². The molecule has 0 saturated heterocycles. The number of thiophene rings is 2. The molecular formula is C38H28N2S2. The molecule has 4 aromatic carbocycles. The molecule has 0 fully saturated rings. The van der Waals surface area contributed by atoms with E-state index in [2.05, 4.69) is 132 Å². The molecule has 0 unspecified atom stereocenters. The maximum absolute atomic E-state index is 4.77. The summed E-state index contributed by atoms with van der Waals surface area (Å²) in [4.78, 5) is 13.4. The van der Waals surface area contributed by atoms with E-state index in [9.17, 15) is 0 Å². The van der Waals surface area contributed by atoms with Crippen LogP contribution >= 0.6 is 22.7 Å². The maximum Gasteiger partial charge on any atom is 0.0788 e. The van der Waals surface area contributed by atoms with Crippen molar-refractivity contribution in [3.8, 4) is 32.1 Å². The number of nitrogens with zero attached hydrogens (tertiary/aromatic N) is 2. The van der Waals surface area contributed by atoms with E-state index in [4.69, 9.17) is 4.99 Å². The quantitative estimate of drug-likeness (QED) is 0.205. The van der Waals surface area contributed by atoms with E-state index < -0.39 is 0 Å². The van der Waals surface area contributed by atoms with Crippen molar-refractivity contribution in [2.24, 2.45) is 4.99 Å². The summed E-state index contributed by atoms with van der Waals surface area (Å²) in [5.74, 6) is 0. The molecule has 0 spiro atoms. The number of rotatable bonds is 4. The van der Waals surface area contributed by atoms with Crippen LogP contribution in [0.2, 0.25) is 0 Å². The second-order valence-electron chi connectivity index (χ2n) is 10.1. The van der Waals surface area contributed by atoms with E-state index >= 15 is 0 Å². The summed E-state index contributed by atoms with van der Waals surface area (Å²) in [6, 6.07) is 48.7. The van der Waals surface area contributed by atoms with Gasteiger partial charge >= 0.3 is 0 Å². The predicted molar refractivity (Wildman–Crippen MR) is 181 cm³/mol. The van der Waals surface area contributed by atoms with Gasteiger partial charge in [0.2, 0.25) is 0 Å². The summed E-state index contributed by atoms with van der Waals surface area (Å²) in [5, 5.41) is 1.23. The zero-order chi connectivity index (χ0) is 28.1. The third kappa shape index (κ3) is 5.47. The lowest BCUT2D eigenvalue weighted by Gasteiger charge is -2.12. The number of aromatic nitrogens is 1. The first kappa shape index (κ1) is 26.3. The molecule has 7 aromatic rings. The molecule has 1 aliphatic rings. The highest BCUT2D eigenvalue weighted by atomic mass is 32.1. The Balaban J connectivity index is 0.000000137. The van der Waals surface area contributed by atoms with Crippen molar-refractivity contribution in [2.45, 2.75) is 6.42 Å². The third-order valence-corrected chi connectivity index (χ3v) is 9.72. The minimum absolute atomic E-state index is 0.895. The number of pyridine rings is 1. The van der Waals surface area contributed by atoms with Crippen LogP contribution in [0.25, 0.3) is 42.2 Å². The normalized spacial score (nSPS) is 12.2. The largest absolute Gasteiger partial charge is 0.284 e. The standard InChI is InChI=1S/C19H15NS.C19H13NS/c2*1-3-7-14(8-4-1)18-13-16-17(21-18)11-12-20-19(16)15-9-5-2-6-10-15/h1-10,13H,11-12H2;1-13H. The van der Waals surface area contributed by atoms with Crippen LogP contribution in [0.3, 0.4) is 0 Å². The number of fused-ring (bicyclic) bond motifs is 2. The minimum atomic E-state index is 0.895. The SMILES string of the molecule is c1ccc(-c2cc3c(-c4ccccc4)nccc3s2)cc1.c1ccc(C2=NCCc3sc(-c4ccccc4)cc32)cc1. The van der Waals surface area contributed by atoms with Crippen LogP contribution in [0, 0.1) is 0 Å². The smallest absolute Gasteiger partial charge is 0.0788 e. The molecule has 202 valence electrons. The molecule has 0 N–H and O–H groups in total. The highest BCUT2D eigenvalue weighted by Crippen LogP contribution is 2.38. The molecular weight excluding hydrogens is 549 g/mol. The lowest BCUT2D eigenvalue weighted by atomic mass is 9.99. The Bertz CT molecular complexity index is 1960. The Morgan fingerprint density at radius 2 is 1.07 bits per heavy atom. The molecule has 0 atom stereocenters. The van der Waals surface area contributed by atoms with Crippen molar-refractivity contribution >= 4 is 38.5 Å². The molecule has 4 heterocycles. The van der Waals surface area contributed by atoms with Crippen molar-refractivity contribution in [1.29, 1.82) is 0 Å². The van der Waals surface area contributed by atoms with E-state index in [1.807, 2.05) is 41.0 Å². The van der Waals surface area contributed by atoms with E-state index in [1.165, 1.54) is 52.5 Å². The van der Waals surface area contributed by atoms with Crippen molar-refractivity contribution in [3.05, 3.63) is 162 Å². The fourth-order valence-electron chi connectivity index (χ4n) is 5.29. The van der Waals surface area contributed by atoms with Gasteiger partial charge in [-0.1, -0.05) is 121 Å². The number of hydrogen-bond acceptors (Lipinski definition) is 4. The predicted octanol–water partition coefficient (Wildman–Crippen LogP) is 10.4. The van der Waals surface area contributed by atoms with Crippen LogP contribution in [-0.4, -0.2) is 17.2 Å². The molecule has 3 aromatic heterocycles. The average Bonchev–Trinajstić information content (AvgIpc) is 3.72. The van der Waals surface area contributed by atoms with Gasteiger partial charge in [-0.25, -0.2) is 0 Å². The van der Waals surface area contributed by atoms with Gasteiger partial charge in [-0.3, -0.25) is 9.98 Å². The Morgan fingerprint density at radius 1 is 0.524 bits per heavy atom. The van der Waals surface area contributed by atoms with Crippen LogP contribution in [-0.2, 0) is 6.42 Å². The molecule has 2 nitrogen and oxygen atoms in total. The second-order valence-corrected chi connectivity index (χ2v) is 12.3. The van der Waals surface area contributed by atoms with Gasteiger partial charge < -0.3 is 0 Å². The van der Waals surface area contributed by atoms with Crippen LogP contribution < -0.4 is 0 Å². The molecule has 4 heteroatoms. The summed E-state index contributed by atoms with van der Waals surface area (Å²) < 4.78 is 1.28. The van der Waals surface area contributed by atoms with Crippen LogP contribution in [0.4, 0.5) is 0 Å². The first-order chi connectivity index (χ1) is 20.8. The highest BCUT2D eigenvalue weighted by Gasteiger charge is 2.19. The van der Waals surface area contributed by atoms with Gasteiger partial charge in [0.25, 0.3) is 0 Å². The number of hydrogen-bond donors (Lipinski definition) is 0. The van der Waals surface area contributed by atoms with E-state index in [1.54, 1.807) is 0 Å². The molecule has 1 aliphatic heterocycles. The second kappa shape index (κ2) is 12.1. The molecule has 42 heavy (non-hydrogen) atoms. The summed E-state index contributed by atoms with van der Waals surface area (Å²) in [6.07, 6.45) is 2.96. The first-order valence-corrected chi connectivity index (χ1v) is 15.7. The van der Waals surface area contributed by atoms with Gasteiger partial charge in [0.05, 0.1) is 11.4 Å². The minimum Gasteiger partial charge on any atom is -0.284 e. The Hall–Kier alpha value is -4.64. The number of benzene rings is 4. The summed E-state index contributed by atoms with van der Waals surface area (Å²) in [5.41, 5.74) is 8.47. The van der Waals surface area contributed by atoms with Gasteiger partial charge in [0.1, 0.15) is 0 Å². The van der Waals surface area contributed by atoms with Crippen LogP contribution in [0.1, 0.15) is 16.0 Å². The maximum atomic E-state index is 4.77. The fourth-order valence-corrected chi connectivity index (χ4v) is 7.51. The monoisotopic (exact) mass is 576 g/mol. The molecule has 0 aliphatic carbocycles. The lowest BCUT2D eigenvalue weighted by molar-refractivity contribution is 0.965. The van der Waals surface area contributed by atoms with Crippen molar-refractivity contribution < 1.29 is 0 Å². The third-order valence-electron chi connectivity index (χ3n) is 7.33. The summed E-state index contributed by atoms with van der Waals surface area (Å²) in [7, 11) is 0. The Morgan fingerprint density at radius 3 is 1.69 bits per heavy atom. The van der Waals surface area contributed by atoms with Crippen molar-refractivity contribution in [3.63, 3.8) is 0 Å². The van der Waals surface area contributed by atoms with Gasteiger partial charge in [0.15, 0.2) is 0 Å². The van der Waals surface area contributed by atoms with Gasteiger partial charge in [-0.2, -0.15) is 0 Å². The molecule has 0 bridgehead atoms. The molecule has 8 rings (SSSR count). The highest BCUT2D eigenvalue weighted by molar-refractivity contribution is 7.22. The zero-order valence-electron chi connectivity index (χ0n) is 23.0. The zero-order valence-corrected chi connectivity index (χ0v) is 24.6. The average molecular weight is 577 g/mol. The molecule has 0 saturated carbocycles. The van der Waals surface area contributed by atoms with Gasteiger partial charge in [0, 0.05) is 60.6 Å². The van der Waals surface area contributed by atoms with Crippen LogP contribution in [0.15, 0.2) is 151 Å². The molecule has 0 radical (unpaired) electrons. The Labute approximate surface area is 254 Å². The van der Waals surface area contributed by atoms with Crippen LogP contribution in [0.5, 0.6) is 0 Å². The fraction of sp³-hybridized carbons (Fsp3) is 0.0526. The van der Waals surface area contributed by atoms with E-state index in [-0.39, 0.29) is 0 Å². The number of aliphatic imine (C=N–C) groups is 1.